The highest BCUT2D eigenvalue weighted by Gasteiger charge is 2.57. The van der Waals surface area contributed by atoms with Gasteiger partial charge in [0.2, 0.25) is 47.3 Å². The zero-order valence-corrected chi connectivity index (χ0v) is 65.0. The molecule has 33 atom stereocenters. The Morgan fingerprint density at radius 1 is 0.483 bits per heavy atom. The summed E-state index contributed by atoms with van der Waals surface area (Å²) in [6.07, 6.45) is -42.9. The number of aliphatic hydroxyl groups is 15. The van der Waals surface area contributed by atoms with Crippen molar-refractivity contribution in [3.8, 4) is 5.75 Å². The standard InChI is InChI=1S/C70H110N10O38/c1-25(2)42(60(101)75-32(17-40(71)88)64(105)80-13-7-8-33(80)58(72)99)78-61(102)43(26(3)4)77-59(100)31(16-29-9-11-30(87)12-10-29)74-62(103)45(28(6)86)79-63(104)44(27(5)85)76-41(89)18-73-109-15-14-106-65-51(95)48(92)38(114-65)23-107-66-54(98)55(116-70-57(50(94)37(22-84)113-70)118-68-53(97)47(91)35(20-82)111-68)39(115-66)24-108-69-56(49(93)36(21-83)112-69)117-67-52(96)46(90)34(19-81)110-67/h9-12,18,25-28,31-39,42-57,65-70,81-87,90-98H,7-8,13-17,19-24H2,1-6H3,(H2,71,88)(H2,72,99)(H,74,103)(H,75,101)(H,76,89)(H,77,100)(H,78,102)(H,79,104)/b73-18+/t27-,28-,31+,32+,33+,34-,35-,36-,37-,38-,39-,42+,43+,44+,45+,46-,47-,48-,49-,50-,51+,52+,53+,54+,55-,56+,57+,65+,66+,67+,68+,69+,70-/m1/s1. The Hall–Kier alpha value is -7.36. The predicted molar refractivity (Wildman–Crippen MR) is 385 cm³/mol. The summed E-state index contributed by atoms with van der Waals surface area (Å²) in [5.41, 5.74) is 11.3. The number of nitrogens with one attached hydrogen (secondary N) is 6. The minimum absolute atomic E-state index is 0.0940. The van der Waals surface area contributed by atoms with Crippen LogP contribution in [0.5, 0.6) is 5.75 Å². The van der Waals surface area contributed by atoms with Crippen molar-refractivity contribution in [3.05, 3.63) is 29.8 Å². The number of rotatable bonds is 43. The van der Waals surface area contributed by atoms with Gasteiger partial charge in [-0.2, -0.15) is 0 Å². The van der Waals surface area contributed by atoms with Crippen LogP contribution in [-0.2, 0) is 111 Å². The van der Waals surface area contributed by atoms with E-state index in [1.807, 2.05) is 0 Å². The van der Waals surface area contributed by atoms with Crippen molar-refractivity contribution < 1.29 is 187 Å². The first-order valence-electron chi connectivity index (χ1n) is 38.1. The van der Waals surface area contributed by atoms with Gasteiger partial charge in [0, 0.05) is 13.0 Å². The second kappa shape index (κ2) is 43.9. The summed E-state index contributed by atoms with van der Waals surface area (Å²) in [6, 6.07) is -5.56. The van der Waals surface area contributed by atoms with Crippen molar-refractivity contribution in [2.24, 2.45) is 28.5 Å². The number of hydrogen-bond donors (Lipinski definition) is 24. The average Bonchev–Trinajstić information content (AvgIpc) is 1.63. The molecule has 9 amide bonds. The molecule has 48 nitrogen and oxygen atoms in total. The van der Waals surface area contributed by atoms with E-state index in [9.17, 15) is 125 Å². The van der Waals surface area contributed by atoms with E-state index in [1.54, 1.807) is 27.7 Å². The molecule has 48 heteroatoms. The fourth-order valence-electron chi connectivity index (χ4n) is 13.9. The van der Waals surface area contributed by atoms with Gasteiger partial charge in [0.15, 0.2) is 37.7 Å². The van der Waals surface area contributed by atoms with Crippen LogP contribution in [0.4, 0.5) is 0 Å². The topological polar surface area (TPSA) is 737 Å². The lowest BCUT2D eigenvalue weighted by molar-refractivity contribution is -0.270. The van der Waals surface area contributed by atoms with Gasteiger partial charge < -0.3 is 192 Å². The van der Waals surface area contributed by atoms with Crippen LogP contribution in [0.25, 0.3) is 0 Å². The van der Waals surface area contributed by atoms with E-state index in [2.05, 4.69) is 37.1 Å². The lowest BCUT2D eigenvalue weighted by atomic mass is 9.98. The van der Waals surface area contributed by atoms with Crippen LogP contribution < -0.4 is 43.4 Å². The number of hydrogen-bond acceptors (Lipinski definition) is 39. The average molecular weight is 1700 g/mol. The third-order valence-electron chi connectivity index (χ3n) is 20.5. The number of nitrogens with two attached hydrogens (primary N) is 2. The molecule has 7 aliphatic heterocycles. The maximum Gasteiger partial charge on any atom is 0.266 e. The third kappa shape index (κ3) is 24.3. The Balaban J connectivity index is 0.847. The number of aliphatic hydroxyl groups excluding tert-OH is 15. The largest absolute Gasteiger partial charge is 0.508 e. The Labute approximate surface area is 673 Å². The molecule has 7 aliphatic rings. The van der Waals surface area contributed by atoms with Crippen molar-refractivity contribution in [3.63, 3.8) is 0 Å². The summed E-state index contributed by atoms with van der Waals surface area (Å²) in [7, 11) is 0. The first kappa shape index (κ1) is 96.1. The Morgan fingerprint density at radius 2 is 0.907 bits per heavy atom. The Morgan fingerprint density at radius 3 is 1.44 bits per heavy atom. The fraction of sp³-hybridized carbons (Fsp3) is 0.771. The Bertz CT molecular complexity index is 3510. The number of phenolic OH excluding ortho intramolecular Hbond substituents is 1. The van der Waals surface area contributed by atoms with Crippen molar-refractivity contribution in [1.29, 1.82) is 0 Å². The summed E-state index contributed by atoms with van der Waals surface area (Å²) in [4.78, 5) is 128. The number of nitrogens with zero attached hydrogens (tertiary/aromatic N) is 2. The van der Waals surface area contributed by atoms with Crippen molar-refractivity contribution in [2.75, 3.05) is 59.4 Å². The SMILES string of the molecule is CC(C)[C@H](NC(=O)[C@H](Cc1ccc(O)cc1)NC(=O)[C@@H](NC(=O)[C@@H](NC(=O)/C=N/OCCO[C@H]1O[C@H](CO[C@H]2O[C@H](CO[C@H]3O[C@H](CO)[C@@H](O)[C@@H]3O[C@@H]3O[C@H](CO)[C@@H](O)[C@@H]3O)[C@@H](O[C@H]3O[C@H](CO)[C@@H](O)[C@@H]3O[C@@H]3O[C@H](CO)[C@@H](O)[C@@H]3O)[C@@H]2O)[C@@H](O)[C@@H]1O)[C@@H](C)O)[C@@H](C)O)C(=O)N[C@H](C(=O)N[C@@H](CC(N)=O)C(=O)N1CCC[C@H]1C(N)=O)C(C)C. The Kier molecular flexibility index (Phi) is 35.8. The molecular weight excluding hydrogens is 1590 g/mol. The summed E-state index contributed by atoms with van der Waals surface area (Å²) < 4.78 is 69.0. The van der Waals surface area contributed by atoms with Gasteiger partial charge in [-0.15, -0.1) is 0 Å². The highest BCUT2D eigenvalue weighted by atomic mass is 16.8. The number of ether oxygens (including phenoxy) is 12. The summed E-state index contributed by atoms with van der Waals surface area (Å²) in [5, 5.41) is 187. The molecule has 8 rings (SSSR count). The van der Waals surface area contributed by atoms with Crippen LogP contribution in [0, 0.1) is 11.8 Å². The number of amides is 9. The molecule has 26 N–H and O–H groups in total. The second-order valence-electron chi connectivity index (χ2n) is 30.0. The lowest BCUT2D eigenvalue weighted by Gasteiger charge is -2.31. The van der Waals surface area contributed by atoms with E-state index in [0.717, 1.165) is 18.7 Å². The van der Waals surface area contributed by atoms with E-state index in [4.69, 9.17) is 73.1 Å². The van der Waals surface area contributed by atoms with Crippen LogP contribution >= 0.6 is 0 Å². The number of carbonyl (C=O) groups is 9. The van der Waals surface area contributed by atoms with Gasteiger partial charge in [0.05, 0.1) is 64.9 Å². The molecule has 0 unspecified atom stereocenters. The van der Waals surface area contributed by atoms with Crippen LogP contribution in [-0.4, -0.2) is 407 Å². The first-order chi connectivity index (χ1) is 55.8. The van der Waals surface area contributed by atoms with E-state index in [0.29, 0.717) is 18.2 Å². The zero-order chi connectivity index (χ0) is 87.0. The van der Waals surface area contributed by atoms with E-state index < -0.39 is 326 Å². The maximum absolute atomic E-state index is 14.4. The normalized spacial score (nSPS) is 34.2. The quantitative estimate of drug-likeness (QED) is 0.0164. The molecule has 1 aromatic carbocycles. The second-order valence-corrected chi connectivity index (χ2v) is 30.0. The summed E-state index contributed by atoms with van der Waals surface area (Å²) >= 11 is 0. The predicted octanol–water partition coefficient (Wildman–Crippen LogP) is -14.0. The molecule has 0 bridgehead atoms. The molecule has 0 aromatic heterocycles. The van der Waals surface area contributed by atoms with Crippen LogP contribution in [0.2, 0.25) is 0 Å². The van der Waals surface area contributed by atoms with Gasteiger partial charge in [-0.25, -0.2) is 0 Å². The number of benzene rings is 1. The first-order valence-corrected chi connectivity index (χ1v) is 38.1. The van der Waals surface area contributed by atoms with Crippen LogP contribution in [0.1, 0.15) is 66.4 Å². The van der Waals surface area contributed by atoms with Crippen molar-refractivity contribution >= 4 is 59.4 Å². The smallest absolute Gasteiger partial charge is 0.266 e. The summed E-state index contributed by atoms with van der Waals surface area (Å²) in [6.45, 7) is 2.87. The minimum Gasteiger partial charge on any atom is -0.508 e. The van der Waals surface area contributed by atoms with Crippen LogP contribution in [0.15, 0.2) is 29.4 Å². The van der Waals surface area contributed by atoms with Gasteiger partial charge in [0.1, 0.15) is 171 Å². The molecule has 7 fully saturated rings. The van der Waals surface area contributed by atoms with E-state index >= 15 is 0 Å². The van der Waals surface area contributed by atoms with Crippen molar-refractivity contribution in [2.45, 2.75) is 269 Å². The van der Waals surface area contributed by atoms with Gasteiger partial charge in [-0.3, -0.25) is 43.2 Å². The number of aromatic hydroxyl groups is 1. The number of phenols is 1. The minimum atomic E-state index is -1.94. The van der Waals surface area contributed by atoms with Gasteiger partial charge in [0.25, 0.3) is 5.91 Å². The molecule has 7 saturated heterocycles. The molecule has 0 aliphatic carbocycles. The molecule has 668 valence electrons. The molecule has 118 heavy (non-hydrogen) atoms. The molecule has 0 saturated carbocycles. The lowest BCUT2D eigenvalue weighted by Crippen LogP contribution is -2.63. The monoisotopic (exact) mass is 1700 g/mol. The van der Waals surface area contributed by atoms with Gasteiger partial charge in [-0.05, 0) is 56.2 Å². The molecule has 7 heterocycles. The molecule has 0 spiro atoms. The third-order valence-corrected chi connectivity index (χ3v) is 20.5. The molecular formula is C70H110N10O38. The number of primary amides is 2. The molecule has 0 radical (unpaired) electrons. The highest BCUT2D eigenvalue weighted by Crippen LogP contribution is 2.37. The highest BCUT2D eigenvalue weighted by molar-refractivity contribution is 6.26. The van der Waals surface area contributed by atoms with Crippen molar-refractivity contribution in [1.82, 2.24) is 36.8 Å². The van der Waals surface area contributed by atoms with E-state index in [1.165, 1.54) is 24.3 Å². The number of oxime groups is 1. The number of likely N-dealkylation sites (tertiary alicyclic amines) is 1. The van der Waals surface area contributed by atoms with Crippen LogP contribution in [0.3, 0.4) is 0 Å². The van der Waals surface area contributed by atoms with E-state index in [-0.39, 0.29) is 25.1 Å². The maximum atomic E-state index is 14.4. The number of carbonyl (C=O) groups excluding carboxylic acids is 9. The summed E-state index contributed by atoms with van der Waals surface area (Å²) in [5.74, 6) is -10.7. The van der Waals surface area contributed by atoms with Gasteiger partial charge >= 0.3 is 0 Å². The fourth-order valence-corrected chi connectivity index (χ4v) is 13.9. The molecule has 1 aromatic rings. The van der Waals surface area contributed by atoms with Gasteiger partial charge in [-0.1, -0.05) is 45.0 Å². The zero-order valence-electron chi connectivity index (χ0n) is 65.0.